The van der Waals surface area contributed by atoms with E-state index in [1.807, 2.05) is 0 Å². The number of hydrogen-bond acceptors (Lipinski definition) is 1. The number of thiol groups is 1. The van der Waals surface area contributed by atoms with E-state index in [1.54, 1.807) is 0 Å². The van der Waals surface area contributed by atoms with Gasteiger partial charge in [-0.3, -0.25) is 0 Å². The van der Waals surface area contributed by atoms with Crippen LogP contribution in [-0.4, -0.2) is 59.6 Å². The molecular formula is C20H51Ge4S-. The summed E-state index contributed by atoms with van der Waals surface area (Å²) in [6.07, 6.45) is 0. The van der Waals surface area contributed by atoms with E-state index in [0.29, 0.717) is 30.9 Å². The Balaban J connectivity index is -0.0000000711. The molecule has 0 fully saturated rings. The molecule has 0 aliphatic heterocycles. The van der Waals surface area contributed by atoms with E-state index in [2.05, 4.69) is 69.2 Å². The summed E-state index contributed by atoms with van der Waals surface area (Å²) < 4.78 is 0. The van der Waals surface area contributed by atoms with E-state index in [-0.39, 0.29) is 13.5 Å². The van der Waals surface area contributed by atoms with Crippen LogP contribution in [0.4, 0.5) is 0 Å². The Morgan fingerprint density at radius 1 is 0.400 bits per heavy atom. The van der Waals surface area contributed by atoms with E-state index < -0.39 is 28.7 Å². The number of hydrogen-bond donors (Lipinski definition) is 0. The molecule has 0 unspecified atom stereocenters. The van der Waals surface area contributed by atoms with E-state index in [9.17, 15) is 0 Å². The first-order valence-corrected chi connectivity index (χ1v) is 25.4. The maximum absolute atomic E-state index is 2.34. The Bertz CT molecular complexity index is 131. The molecule has 0 aromatic carbocycles. The second-order valence-electron chi connectivity index (χ2n) is 5.54. The monoisotopic (exact) mass is 619 g/mol. The zero-order valence-corrected chi connectivity index (χ0v) is 28.8. The summed E-state index contributed by atoms with van der Waals surface area (Å²) in [5.41, 5.74) is 0. The quantitative estimate of drug-likeness (QED) is 0.137. The Kier molecular flexibility index (Phi) is 62.6. The predicted molar refractivity (Wildman–Crippen MR) is 137 cm³/mol. The van der Waals surface area contributed by atoms with Crippen LogP contribution in [-0.2, 0) is 13.5 Å². The van der Waals surface area contributed by atoms with Crippen LogP contribution in [0.2, 0.25) is 52.5 Å². The fraction of sp³-hybridized carbons (Fsp3) is 1.00. The fourth-order valence-electron chi connectivity index (χ4n) is 2.00. The standard InChI is InChI=1S/2C6H15Ge.2C4H10Ge.H2S/c2*1-4-7(5-2)6-3;2*1-3-5-4-2;/h2*4-6H2,1-3H3;2*3-4H2,1-2H3;1H2/p-1. The summed E-state index contributed by atoms with van der Waals surface area (Å²) in [4.78, 5) is 0. The van der Waals surface area contributed by atoms with E-state index in [0.717, 1.165) is 0 Å². The van der Waals surface area contributed by atoms with Crippen molar-refractivity contribution in [1.82, 2.24) is 0 Å². The average Bonchev–Trinajstić information content (AvgIpc) is 2.61. The maximum Gasteiger partial charge on any atom is -0.813 e. The molecule has 0 spiro atoms. The van der Waals surface area contributed by atoms with E-state index in [1.165, 1.54) is 52.5 Å². The van der Waals surface area contributed by atoms with Gasteiger partial charge in [-0.15, -0.1) is 0 Å². The molecule has 0 amide bonds. The molecule has 0 saturated carbocycles. The van der Waals surface area contributed by atoms with Gasteiger partial charge in [0.05, 0.1) is 0 Å². The summed E-state index contributed by atoms with van der Waals surface area (Å²) in [7, 11) is 0. The van der Waals surface area contributed by atoms with Gasteiger partial charge in [-0.25, -0.2) is 0 Å². The summed E-state index contributed by atoms with van der Waals surface area (Å²) in [5.74, 6) is 0. The van der Waals surface area contributed by atoms with Gasteiger partial charge in [-0.05, 0) is 0 Å². The second-order valence-corrected chi connectivity index (χ2v) is 28.8. The van der Waals surface area contributed by atoms with Crippen LogP contribution < -0.4 is 0 Å². The van der Waals surface area contributed by atoms with Crippen LogP contribution in [0.3, 0.4) is 0 Å². The fourth-order valence-corrected chi connectivity index (χ4v) is 10.4. The smallest absolute Gasteiger partial charge is 0.813 e. The van der Waals surface area contributed by atoms with Crippen molar-refractivity contribution < 1.29 is 0 Å². The van der Waals surface area contributed by atoms with Crippen molar-refractivity contribution in [3.63, 3.8) is 0 Å². The molecule has 6 radical (unpaired) electrons. The van der Waals surface area contributed by atoms with Crippen LogP contribution in [0.25, 0.3) is 0 Å². The minimum absolute atomic E-state index is 0. The molecule has 25 heavy (non-hydrogen) atoms. The van der Waals surface area contributed by atoms with E-state index >= 15 is 0 Å². The van der Waals surface area contributed by atoms with Gasteiger partial charge in [0.1, 0.15) is 0 Å². The first-order chi connectivity index (χ1) is 11.5. The Morgan fingerprint density at radius 3 is 0.560 bits per heavy atom. The zero-order valence-electron chi connectivity index (χ0n) is 19.5. The van der Waals surface area contributed by atoms with Crippen LogP contribution in [0.1, 0.15) is 69.2 Å². The van der Waals surface area contributed by atoms with Crippen molar-refractivity contribution in [1.29, 1.82) is 0 Å². The third kappa shape index (κ3) is 46.5. The summed E-state index contributed by atoms with van der Waals surface area (Å²) in [6.45, 7) is 23.1. The van der Waals surface area contributed by atoms with Gasteiger partial charge < -0.3 is 13.5 Å². The third-order valence-corrected chi connectivity index (χ3v) is 20.8. The first kappa shape index (κ1) is 38.2. The zero-order chi connectivity index (χ0) is 19.6. The van der Waals surface area contributed by atoms with Crippen molar-refractivity contribution in [2.75, 3.05) is 0 Å². The molecule has 0 aromatic rings. The van der Waals surface area contributed by atoms with Crippen LogP contribution in [0, 0.1) is 0 Å². The third-order valence-electron chi connectivity index (χ3n) is 4.00. The molecule has 0 saturated heterocycles. The Labute approximate surface area is 193 Å². The van der Waals surface area contributed by atoms with Crippen molar-refractivity contribution >= 4 is 73.1 Å². The van der Waals surface area contributed by atoms with E-state index in [4.69, 9.17) is 0 Å². The Morgan fingerprint density at radius 2 is 0.560 bits per heavy atom. The molecule has 0 heterocycles. The SMILES string of the molecule is C[CH2][Ge]([CH2]C)[CH2]C.C[CH2][Ge]([CH2]C)[CH2]C.C[CH2][Ge][CH2]C.C[CH2][Ge][CH2]C.[SH-]. The van der Waals surface area contributed by atoms with Crippen LogP contribution in [0.15, 0.2) is 0 Å². The minimum Gasteiger partial charge on any atom is -0.813 e. The molecule has 0 rings (SSSR count). The minimum atomic E-state index is -0.403. The summed E-state index contributed by atoms with van der Waals surface area (Å²) in [6, 6.07) is 0. The van der Waals surface area contributed by atoms with Gasteiger partial charge in [-0.1, -0.05) is 0 Å². The van der Waals surface area contributed by atoms with Crippen molar-refractivity contribution in [2.45, 2.75) is 122 Å². The molecular weight excluding hydrogens is 563 g/mol. The average molecular weight is 614 g/mol. The van der Waals surface area contributed by atoms with Crippen molar-refractivity contribution in [3.05, 3.63) is 0 Å². The summed E-state index contributed by atoms with van der Waals surface area (Å²) in [5, 5.41) is 15.0. The predicted octanol–water partition coefficient (Wildman–Crippen LogP) is 7.95. The Hall–Kier alpha value is 2.52. The molecule has 0 atom stereocenters. The van der Waals surface area contributed by atoms with Crippen LogP contribution >= 0.6 is 0 Å². The van der Waals surface area contributed by atoms with Gasteiger partial charge in [-0.2, -0.15) is 0 Å². The maximum atomic E-state index is 2.34. The van der Waals surface area contributed by atoms with Gasteiger partial charge in [0.25, 0.3) is 0 Å². The van der Waals surface area contributed by atoms with Gasteiger partial charge in [0, 0.05) is 0 Å². The first-order valence-electron chi connectivity index (χ1n) is 10.6. The molecule has 0 N–H and O–H groups in total. The molecule has 0 aromatic heterocycles. The molecule has 0 aliphatic rings. The molecule has 0 aliphatic carbocycles. The molecule has 5 heteroatoms. The van der Waals surface area contributed by atoms with Gasteiger partial charge in [0.15, 0.2) is 0 Å². The summed E-state index contributed by atoms with van der Waals surface area (Å²) >= 11 is 0.250. The second kappa shape index (κ2) is 41.0. The van der Waals surface area contributed by atoms with Gasteiger partial charge in [0.2, 0.25) is 0 Å². The van der Waals surface area contributed by atoms with Crippen LogP contribution in [0.5, 0.6) is 0 Å². The van der Waals surface area contributed by atoms with Gasteiger partial charge >= 0.3 is 181 Å². The van der Waals surface area contributed by atoms with Crippen molar-refractivity contribution in [3.8, 4) is 0 Å². The molecule has 154 valence electrons. The molecule has 0 nitrogen and oxygen atoms in total. The number of rotatable bonds is 10. The molecule has 0 bridgehead atoms. The topological polar surface area (TPSA) is 0 Å². The normalized spacial score (nSPS) is 9.12. The largest absolute Gasteiger partial charge is 0.813 e. The van der Waals surface area contributed by atoms with Crippen molar-refractivity contribution in [2.24, 2.45) is 0 Å².